The first kappa shape index (κ1) is 27.8. The number of nitrogens with zero attached hydrogens (tertiary/aromatic N) is 3. The zero-order valence-corrected chi connectivity index (χ0v) is 23.4. The summed E-state index contributed by atoms with van der Waals surface area (Å²) in [6, 6.07) is 12.0. The molecule has 2 aliphatic rings. The number of sulfonamides is 1. The number of nitrogens with one attached hydrogen (secondary N) is 2. The summed E-state index contributed by atoms with van der Waals surface area (Å²) in [6.07, 6.45) is 1.95. The molecule has 2 heterocycles. The Bertz CT molecular complexity index is 1350. The number of anilines is 2. The van der Waals surface area contributed by atoms with Crippen LogP contribution in [0.25, 0.3) is 0 Å². The molecule has 1 saturated heterocycles. The third kappa shape index (κ3) is 5.91. The van der Waals surface area contributed by atoms with Gasteiger partial charge in [0, 0.05) is 60.4 Å². The van der Waals surface area contributed by atoms with E-state index in [1.807, 2.05) is 30.0 Å². The minimum atomic E-state index is -3.99. The van der Waals surface area contributed by atoms with Crippen LogP contribution in [0.2, 0.25) is 5.02 Å². The van der Waals surface area contributed by atoms with Crippen LogP contribution in [0, 0.1) is 5.41 Å². The molecule has 2 aliphatic heterocycles. The van der Waals surface area contributed by atoms with Gasteiger partial charge in [-0.3, -0.25) is 4.79 Å². The molecule has 11 heteroatoms. The summed E-state index contributed by atoms with van der Waals surface area (Å²) < 4.78 is 27.4. The lowest BCUT2D eigenvalue weighted by Crippen LogP contribution is -2.55. The van der Waals surface area contributed by atoms with Gasteiger partial charge in [0.15, 0.2) is 0 Å². The van der Waals surface area contributed by atoms with Crippen molar-refractivity contribution in [2.45, 2.75) is 44.6 Å². The highest BCUT2D eigenvalue weighted by Crippen LogP contribution is 2.31. The SMILES string of the molecule is CC(=N)/C(C)=C(\O)NS(=O)(=O)c1ccc(N2CCN(C(=O)[C@@H](C)N3CCCc4cc(Cl)ccc43)CC2)cc1. The van der Waals surface area contributed by atoms with Crippen LogP contribution in [-0.2, 0) is 21.2 Å². The fraction of sp³-hybridized carbons (Fsp3) is 0.407. The van der Waals surface area contributed by atoms with E-state index >= 15 is 0 Å². The molecule has 0 saturated carbocycles. The Morgan fingerprint density at radius 2 is 1.71 bits per heavy atom. The first-order chi connectivity index (χ1) is 18.0. The van der Waals surface area contributed by atoms with Gasteiger partial charge in [-0.15, -0.1) is 0 Å². The number of carbonyl (C=O) groups excluding carboxylic acids is 1. The molecule has 1 amide bonds. The van der Waals surface area contributed by atoms with E-state index in [1.54, 1.807) is 12.1 Å². The Kier molecular flexibility index (Phi) is 8.22. The number of piperazine rings is 1. The Hall–Kier alpha value is -3.24. The van der Waals surface area contributed by atoms with E-state index in [4.69, 9.17) is 17.0 Å². The molecule has 38 heavy (non-hydrogen) atoms. The maximum Gasteiger partial charge on any atom is 0.264 e. The van der Waals surface area contributed by atoms with Gasteiger partial charge in [0.25, 0.3) is 10.0 Å². The summed E-state index contributed by atoms with van der Waals surface area (Å²) in [7, 11) is -3.99. The predicted octanol–water partition coefficient (Wildman–Crippen LogP) is 3.94. The normalized spacial score (nSPS) is 17.4. The van der Waals surface area contributed by atoms with Crippen LogP contribution in [0.15, 0.2) is 58.8 Å². The summed E-state index contributed by atoms with van der Waals surface area (Å²) in [6.45, 7) is 8.15. The van der Waals surface area contributed by atoms with Gasteiger partial charge < -0.3 is 25.2 Å². The van der Waals surface area contributed by atoms with Crippen molar-refractivity contribution in [3.05, 3.63) is 64.5 Å². The van der Waals surface area contributed by atoms with Crippen LogP contribution in [0.5, 0.6) is 0 Å². The second kappa shape index (κ2) is 11.2. The van der Waals surface area contributed by atoms with Crippen LogP contribution in [0.1, 0.15) is 32.8 Å². The van der Waals surface area contributed by atoms with Gasteiger partial charge in [-0.25, -0.2) is 13.1 Å². The smallest absolute Gasteiger partial charge is 0.264 e. The lowest BCUT2D eigenvalue weighted by Gasteiger charge is -2.41. The summed E-state index contributed by atoms with van der Waals surface area (Å²) in [5.41, 5.74) is 3.34. The number of aliphatic hydroxyl groups is 1. The van der Waals surface area contributed by atoms with Gasteiger partial charge in [0.1, 0.15) is 6.04 Å². The standard InChI is InChI=1S/C27H34ClN5O4S/c1-18(19(2)29)26(34)30-38(36,37)24-9-7-23(8-10-24)31-13-15-32(16-14-31)27(35)20(3)33-12-4-5-21-17-22(28)6-11-25(21)33/h6-11,17,20,29-30,34H,4-5,12-16H2,1-3H3/b26-18-,29-19?/t20-/m1/s1. The van der Waals surface area contributed by atoms with Gasteiger partial charge in [-0.1, -0.05) is 11.6 Å². The lowest BCUT2D eigenvalue weighted by atomic mass is 10.00. The maximum absolute atomic E-state index is 13.4. The number of rotatable bonds is 7. The van der Waals surface area contributed by atoms with E-state index in [-0.39, 0.29) is 28.1 Å². The molecule has 0 spiro atoms. The van der Waals surface area contributed by atoms with Crippen molar-refractivity contribution in [3.63, 3.8) is 0 Å². The van der Waals surface area contributed by atoms with E-state index < -0.39 is 15.9 Å². The zero-order chi connectivity index (χ0) is 27.6. The molecule has 2 aromatic carbocycles. The molecule has 9 nitrogen and oxygen atoms in total. The van der Waals surface area contributed by atoms with Gasteiger partial charge in [0.2, 0.25) is 11.8 Å². The van der Waals surface area contributed by atoms with Gasteiger partial charge in [-0.2, -0.15) is 0 Å². The predicted molar refractivity (Wildman–Crippen MR) is 151 cm³/mol. The van der Waals surface area contributed by atoms with Crippen LogP contribution >= 0.6 is 11.6 Å². The number of hydrogen-bond acceptors (Lipinski definition) is 7. The Morgan fingerprint density at radius 3 is 2.34 bits per heavy atom. The van der Waals surface area contributed by atoms with Crippen molar-refractivity contribution >= 4 is 44.6 Å². The molecule has 3 N–H and O–H groups in total. The van der Waals surface area contributed by atoms with Crippen LogP contribution in [0.4, 0.5) is 11.4 Å². The molecule has 0 aliphatic carbocycles. The number of amides is 1. The Balaban J connectivity index is 1.37. The average molecular weight is 560 g/mol. The van der Waals surface area contributed by atoms with E-state index in [0.717, 1.165) is 30.8 Å². The highest BCUT2D eigenvalue weighted by atomic mass is 35.5. The number of aryl methyl sites for hydroxylation is 1. The second-order valence-corrected chi connectivity index (χ2v) is 11.9. The summed E-state index contributed by atoms with van der Waals surface area (Å²) in [4.78, 5) is 19.6. The van der Waals surface area contributed by atoms with Gasteiger partial charge in [-0.05, 0) is 81.6 Å². The number of fused-ring (bicyclic) bond motifs is 1. The van der Waals surface area contributed by atoms with E-state index in [0.29, 0.717) is 31.2 Å². The summed E-state index contributed by atoms with van der Waals surface area (Å²) in [5, 5.41) is 18.3. The monoisotopic (exact) mass is 559 g/mol. The van der Waals surface area contributed by atoms with Crippen molar-refractivity contribution < 1.29 is 18.3 Å². The molecular formula is C27H34ClN5O4S. The largest absolute Gasteiger partial charge is 0.494 e. The Morgan fingerprint density at radius 1 is 1.05 bits per heavy atom. The molecule has 2 aromatic rings. The van der Waals surface area contributed by atoms with Crippen molar-refractivity contribution in [2.75, 3.05) is 42.5 Å². The van der Waals surface area contributed by atoms with Crippen LogP contribution < -0.4 is 14.5 Å². The Labute approximate surface area is 229 Å². The minimum absolute atomic E-state index is 0.00831. The fourth-order valence-electron chi connectivity index (χ4n) is 4.86. The fourth-order valence-corrected chi connectivity index (χ4v) is 6.07. The van der Waals surface area contributed by atoms with Crippen LogP contribution in [-0.4, -0.2) is 68.8 Å². The number of halogens is 1. The van der Waals surface area contributed by atoms with Gasteiger partial charge in [0.05, 0.1) is 4.90 Å². The first-order valence-corrected chi connectivity index (χ1v) is 14.5. The van der Waals surface area contributed by atoms with Crippen LogP contribution in [0.3, 0.4) is 0 Å². The molecule has 0 unspecified atom stereocenters. The van der Waals surface area contributed by atoms with Gasteiger partial charge >= 0.3 is 0 Å². The van der Waals surface area contributed by atoms with E-state index in [1.165, 1.54) is 31.5 Å². The molecule has 204 valence electrons. The topological polar surface area (TPSA) is 117 Å². The van der Waals surface area contributed by atoms with Crippen molar-refractivity contribution in [3.8, 4) is 0 Å². The number of aliphatic hydroxyl groups excluding tert-OH is 1. The summed E-state index contributed by atoms with van der Waals surface area (Å²) >= 11 is 6.17. The molecule has 0 radical (unpaired) electrons. The number of carbonyl (C=O) groups is 1. The second-order valence-electron chi connectivity index (χ2n) is 9.76. The van der Waals surface area contributed by atoms with E-state index in [9.17, 15) is 18.3 Å². The number of hydrogen-bond donors (Lipinski definition) is 3. The molecular weight excluding hydrogens is 526 g/mol. The molecule has 1 fully saturated rings. The van der Waals surface area contributed by atoms with E-state index in [2.05, 4.69) is 14.5 Å². The third-order valence-corrected chi connectivity index (χ3v) is 8.86. The van der Waals surface area contributed by atoms with Crippen molar-refractivity contribution in [2.24, 2.45) is 0 Å². The highest BCUT2D eigenvalue weighted by Gasteiger charge is 2.31. The number of benzene rings is 2. The first-order valence-electron chi connectivity index (χ1n) is 12.6. The molecule has 0 bridgehead atoms. The highest BCUT2D eigenvalue weighted by molar-refractivity contribution is 7.89. The van der Waals surface area contributed by atoms with Crippen molar-refractivity contribution in [1.82, 2.24) is 9.62 Å². The quantitative estimate of drug-likeness (QED) is 0.349. The molecule has 4 rings (SSSR count). The summed E-state index contributed by atoms with van der Waals surface area (Å²) in [5.74, 6) is -0.461. The third-order valence-electron chi connectivity index (χ3n) is 7.27. The minimum Gasteiger partial charge on any atom is -0.494 e. The lowest BCUT2D eigenvalue weighted by molar-refractivity contribution is -0.132. The zero-order valence-electron chi connectivity index (χ0n) is 21.9. The maximum atomic E-state index is 13.4. The molecule has 0 aromatic heterocycles. The van der Waals surface area contributed by atoms with Crippen molar-refractivity contribution in [1.29, 1.82) is 5.41 Å². The average Bonchev–Trinajstić information content (AvgIpc) is 2.91. The molecule has 1 atom stereocenters. The number of allylic oxidation sites excluding steroid dienone is 1.